The van der Waals surface area contributed by atoms with Crippen LogP contribution in [0.1, 0.15) is 37.9 Å². The molecule has 5 nitrogen and oxygen atoms in total. The van der Waals surface area contributed by atoms with Gasteiger partial charge in [-0.3, -0.25) is 14.4 Å². The van der Waals surface area contributed by atoms with Gasteiger partial charge < -0.3 is 5.11 Å². The molecule has 0 bridgehead atoms. The summed E-state index contributed by atoms with van der Waals surface area (Å²) >= 11 is 6.29. The van der Waals surface area contributed by atoms with Gasteiger partial charge >= 0.3 is 5.97 Å². The fourth-order valence-electron chi connectivity index (χ4n) is 3.04. The van der Waals surface area contributed by atoms with Crippen LogP contribution in [0.4, 0.5) is 0 Å². The summed E-state index contributed by atoms with van der Waals surface area (Å²) in [7, 11) is 1.84. The first-order chi connectivity index (χ1) is 9.73. The van der Waals surface area contributed by atoms with Crippen LogP contribution in [0.3, 0.4) is 0 Å². The van der Waals surface area contributed by atoms with Gasteiger partial charge in [-0.15, -0.1) is 0 Å². The zero-order valence-electron chi connectivity index (χ0n) is 13.2. The Morgan fingerprint density at radius 1 is 1.52 bits per heavy atom. The van der Waals surface area contributed by atoms with E-state index in [2.05, 4.69) is 10.00 Å². The molecule has 1 aromatic heterocycles. The molecule has 118 valence electrons. The summed E-state index contributed by atoms with van der Waals surface area (Å²) < 4.78 is 1.69. The summed E-state index contributed by atoms with van der Waals surface area (Å²) in [4.78, 5) is 13.7. The molecule has 2 heterocycles. The van der Waals surface area contributed by atoms with Crippen molar-refractivity contribution < 1.29 is 9.90 Å². The summed E-state index contributed by atoms with van der Waals surface area (Å²) in [5.41, 5.74) is 1.31. The van der Waals surface area contributed by atoms with Gasteiger partial charge in [-0.1, -0.05) is 11.6 Å². The van der Waals surface area contributed by atoms with Crippen molar-refractivity contribution in [3.8, 4) is 0 Å². The van der Waals surface area contributed by atoms with Crippen molar-refractivity contribution in [3.05, 3.63) is 16.4 Å². The number of hydrogen-bond acceptors (Lipinski definition) is 3. The summed E-state index contributed by atoms with van der Waals surface area (Å²) in [5.74, 6) is -0.551. The lowest BCUT2D eigenvalue weighted by molar-refractivity contribution is -0.151. The number of rotatable bonds is 4. The monoisotopic (exact) mass is 313 g/mol. The zero-order chi connectivity index (χ0) is 15.8. The molecular formula is C15H24ClN3O2. The first kappa shape index (κ1) is 16.3. The van der Waals surface area contributed by atoms with Crippen molar-refractivity contribution in [3.63, 3.8) is 0 Å². The maximum Gasteiger partial charge on any atom is 0.309 e. The number of nitrogens with zero attached hydrogens (tertiary/aromatic N) is 3. The van der Waals surface area contributed by atoms with E-state index in [1.165, 1.54) is 0 Å². The van der Waals surface area contributed by atoms with Crippen molar-refractivity contribution >= 4 is 17.6 Å². The Balaban J connectivity index is 2.10. The topological polar surface area (TPSA) is 58.4 Å². The Morgan fingerprint density at radius 2 is 2.19 bits per heavy atom. The second-order valence-corrected chi connectivity index (χ2v) is 6.94. The van der Waals surface area contributed by atoms with E-state index in [4.69, 9.17) is 11.6 Å². The highest BCUT2D eigenvalue weighted by Gasteiger charge is 2.39. The lowest BCUT2D eigenvalue weighted by Gasteiger charge is -2.39. The maximum atomic E-state index is 11.4. The molecule has 0 saturated carbocycles. The molecule has 1 fully saturated rings. The normalized spacial score (nSPS) is 20.7. The summed E-state index contributed by atoms with van der Waals surface area (Å²) in [6.45, 7) is 8.13. The molecule has 0 aromatic carbocycles. The molecule has 21 heavy (non-hydrogen) atoms. The number of aliphatic carboxylic acids is 1. The standard InChI is InChI=1S/C15H24ClN3O2/c1-10-12(13(16)18(4)17-10)9-19-7-5-6-11(8-19)15(2,3)14(20)21/h11H,5-9H2,1-4H3,(H,20,21). The van der Waals surface area contributed by atoms with Gasteiger partial charge in [0.05, 0.1) is 11.1 Å². The van der Waals surface area contributed by atoms with Crippen LogP contribution in [0, 0.1) is 18.3 Å². The molecular weight excluding hydrogens is 290 g/mol. The first-order valence-corrected chi connectivity index (χ1v) is 7.75. The third-order valence-electron chi connectivity index (χ3n) is 4.73. The van der Waals surface area contributed by atoms with Crippen molar-refractivity contribution in [2.24, 2.45) is 18.4 Å². The molecule has 0 radical (unpaired) electrons. The SMILES string of the molecule is Cc1nn(C)c(Cl)c1CN1CCCC(C(C)(C)C(=O)O)C1. The molecule has 2 rings (SSSR count). The molecule has 6 heteroatoms. The van der Waals surface area contributed by atoms with Crippen molar-refractivity contribution in [2.45, 2.75) is 40.2 Å². The minimum absolute atomic E-state index is 0.166. The highest BCUT2D eigenvalue weighted by molar-refractivity contribution is 6.30. The number of carboxylic acid groups (broad SMARTS) is 1. The van der Waals surface area contributed by atoms with Crippen LogP contribution >= 0.6 is 11.6 Å². The van der Waals surface area contributed by atoms with Crippen molar-refractivity contribution in [1.82, 2.24) is 14.7 Å². The number of carbonyl (C=O) groups is 1. The van der Waals surface area contributed by atoms with Crippen LogP contribution in [0.5, 0.6) is 0 Å². The smallest absolute Gasteiger partial charge is 0.309 e. The third-order valence-corrected chi connectivity index (χ3v) is 5.20. The number of aromatic nitrogens is 2. The number of hydrogen-bond donors (Lipinski definition) is 1. The molecule has 1 saturated heterocycles. The van der Waals surface area contributed by atoms with Gasteiger partial charge in [-0.2, -0.15) is 5.10 Å². The van der Waals surface area contributed by atoms with Gasteiger partial charge in [-0.25, -0.2) is 0 Å². The Hall–Kier alpha value is -1.07. The second-order valence-electron chi connectivity index (χ2n) is 6.58. The van der Waals surface area contributed by atoms with Crippen molar-refractivity contribution in [1.29, 1.82) is 0 Å². The molecule has 1 aliphatic rings. The molecule has 0 aliphatic carbocycles. The maximum absolute atomic E-state index is 11.4. The van der Waals surface area contributed by atoms with Gasteiger partial charge in [0.1, 0.15) is 5.15 Å². The predicted octanol–water partition coefficient (Wildman–Crippen LogP) is 2.70. The van der Waals surface area contributed by atoms with Crippen LogP contribution in [0.25, 0.3) is 0 Å². The van der Waals surface area contributed by atoms with E-state index in [0.29, 0.717) is 5.15 Å². The average Bonchev–Trinajstić information content (AvgIpc) is 2.65. The summed E-state index contributed by atoms with van der Waals surface area (Å²) in [6, 6.07) is 0. The molecule has 1 atom stereocenters. The highest BCUT2D eigenvalue weighted by atomic mass is 35.5. The Bertz CT molecular complexity index is 539. The van der Waals surface area contributed by atoms with Gasteiger partial charge in [0.2, 0.25) is 0 Å². The number of halogens is 1. The van der Waals surface area contributed by atoms with Crippen LogP contribution in [-0.4, -0.2) is 38.8 Å². The van der Waals surface area contributed by atoms with Gasteiger partial charge in [0.15, 0.2) is 0 Å². The molecule has 1 aromatic rings. The highest BCUT2D eigenvalue weighted by Crippen LogP contribution is 2.35. The lowest BCUT2D eigenvalue weighted by Crippen LogP contribution is -2.44. The number of carboxylic acids is 1. The molecule has 1 N–H and O–H groups in total. The van der Waals surface area contributed by atoms with E-state index in [1.54, 1.807) is 4.68 Å². The minimum atomic E-state index is -0.718. The summed E-state index contributed by atoms with van der Waals surface area (Å²) in [5, 5.41) is 14.4. The van der Waals surface area contributed by atoms with Crippen molar-refractivity contribution in [2.75, 3.05) is 13.1 Å². The third kappa shape index (κ3) is 3.24. The van der Waals surface area contributed by atoms with E-state index < -0.39 is 11.4 Å². The number of piperidine rings is 1. The Labute approximate surface area is 130 Å². The van der Waals surface area contributed by atoms with Gasteiger partial charge in [0.25, 0.3) is 0 Å². The molecule has 0 amide bonds. The largest absolute Gasteiger partial charge is 0.481 e. The predicted molar refractivity (Wildman–Crippen MR) is 82.4 cm³/mol. The van der Waals surface area contributed by atoms with Crippen LogP contribution < -0.4 is 0 Å². The first-order valence-electron chi connectivity index (χ1n) is 7.37. The number of likely N-dealkylation sites (tertiary alicyclic amines) is 1. The van der Waals surface area contributed by atoms with Crippen LogP contribution in [-0.2, 0) is 18.4 Å². The Kier molecular flexibility index (Phi) is 4.63. The quantitative estimate of drug-likeness (QED) is 0.928. The Morgan fingerprint density at radius 3 is 2.71 bits per heavy atom. The van der Waals surface area contributed by atoms with E-state index in [1.807, 2.05) is 27.8 Å². The van der Waals surface area contributed by atoms with Crippen LogP contribution in [0.2, 0.25) is 5.15 Å². The average molecular weight is 314 g/mol. The van der Waals surface area contributed by atoms with Gasteiger partial charge in [0, 0.05) is 25.7 Å². The lowest BCUT2D eigenvalue weighted by atomic mass is 9.74. The van der Waals surface area contributed by atoms with Crippen LogP contribution in [0.15, 0.2) is 0 Å². The molecule has 1 unspecified atom stereocenters. The second kappa shape index (κ2) is 5.97. The fraction of sp³-hybridized carbons (Fsp3) is 0.733. The zero-order valence-corrected chi connectivity index (χ0v) is 13.9. The molecule has 1 aliphatic heterocycles. The van der Waals surface area contributed by atoms with Gasteiger partial charge in [-0.05, 0) is 46.1 Å². The minimum Gasteiger partial charge on any atom is -0.481 e. The van der Waals surface area contributed by atoms with E-state index in [9.17, 15) is 9.90 Å². The fourth-order valence-corrected chi connectivity index (χ4v) is 3.27. The van der Waals surface area contributed by atoms with E-state index >= 15 is 0 Å². The van der Waals surface area contributed by atoms with E-state index in [0.717, 1.165) is 43.7 Å². The summed E-state index contributed by atoms with van der Waals surface area (Å²) in [6.07, 6.45) is 1.99. The van der Waals surface area contributed by atoms with E-state index in [-0.39, 0.29) is 5.92 Å². The number of aryl methyl sites for hydroxylation is 2. The molecule has 0 spiro atoms.